The zero-order valence-electron chi connectivity index (χ0n) is 12.4. The largest absolute Gasteiger partial charge is 0.496 e. The summed E-state index contributed by atoms with van der Waals surface area (Å²) >= 11 is 3.54. The van der Waals surface area contributed by atoms with Gasteiger partial charge in [0.05, 0.1) is 7.11 Å². The monoisotopic (exact) mass is 351 g/mol. The average Bonchev–Trinajstić information content (AvgIpc) is 2.44. The molecule has 2 aromatic carbocycles. The van der Waals surface area contributed by atoms with E-state index in [0.717, 1.165) is 26.9 Å². The van der Waals surface area contributed by atoms with Gasteiger partial charge in [0.25, 0.3) is 0 Å². The van der Waals surface area contributed by atoms with Crippen molar-refractivity contribution in [2.45, 2.75) is 26.3 Å². The summed E-state index contributed by atoms with van der Waals surface area (Å²) in [5, 5.41) is 0. The molecule has 0 aliphatic heterocycles. The van der Waals surface area contributed by atoms with Gasteiger partial charge in [-0.05, 0) is 49.1 Å². The van der Waals surface area contributed by atoms with Gasteiger partial charge in [0.1, 0.15) is 11.6 Å². The van der Waals surface area contributed by atoms with Crippen molar-refractivity contribution in [3.05, 3.63) is 62.9 Å². The highest BCUT2D eigenvalue weighted by atomic mass is 79.9. The molecule has 0 aliphatic rings. The Labute approximate surface area is 133 Å². The van der Waals surface area contributed by atoms with E-state index in [4.69, 9.17) is 10.5 Å². The lowest BCUT2D eigenvalue weighted by Crippen LogP contribution is -2.17. The second kappa shape index (κ2) is 6.58. The van der Waals surface area contributed by atoms with Gasteiger partial charge >= 0.3 is 0 Å². The van der Waals surface area contributed by atoms with Crippen LogP contribution in [-0.2, 0) is 6.42 Å². The third-order valence-corrected chi connectivity index (χ3v) is 4.50. The molecule has 21 heavy (non-hydrogen) atoms. The Balaban J connectivity index is 2.44. The lowest BCUT2D eigenvalue weighted by molar-refractivity contribution is 0.401. The number of nitrogens with two attached hydrogens (primary N) is 1. The van der Waals surface area contributed by atoms with Gasteiger partial charge in [-0.15, -0.1) is 0 Å². The SMILES string of the molecule is COc1c(C)cc(Br)c(C)c1C(N)Cc1ccccc1F. The van der Waals surface area contributed by atoms with Crippen molar-refractivity contribution in [3.8, 4) is 5.75 Å². The first-order chi connectivity index (χ1) is 9.95. The van der Waals surface area contributed by atoms with Crippen LogP contribution in [0.2, 0.25) is 0 Å². The summed E-state index contributed by atoms with van der Waals surface area (Å²) in [5.74, 6) is 0.552. The second-order valence-corrected chi connectivity index (χ2v) is 6.00. The van der Waals surface area contributed by atoms with E-state index in [1.807, 2.05) is 26.0 Å². The van der Waals surface area contributed by atoms with Gasteiger partial charge in [-0.25, -0.2) is 4.39 Å². The molecule has 2 rings (SSSR count). The Morgan fingerprint density at radius 3 is 2.57 bits per heavy atom. The Kier molecular flexibility index (Phi) is 5.01. The summed E-state index contributed by atoms with van der Waals surface area (Å²) in [4.78, 5) is 0. The van der Waals surface area contributed by atoms with E-state index in [-0.39, 0.29) is 11.9 Å². The summed E-state index contributed by atoms with van der Waals surface area (Å²) in [6.45, 7) is 3.96. The molecule has 2 aromatic rings. The van der Waals surface area contributed by atoms with E-state index >= 15 is 0 Å². The molecule has 0 aromatic heterocycles. The molecule has 0 aliphatic carbocycles. The standard InChI is InChI=1S/C17H19BrFNO/c1-10-8-13(18)11(2)16(17(10)21-3)15(20)9-12-6-4-5-7-14(12)19/h4-8,15H,9,20H2,1-3H3. The van der Waals surface area contributed by atoms with Crippen LogP contribution in [0.4, 0.5) is 4.39 Å². The zero-order chi connectivity index (χ0) is 15.6. The smallest absolute Gasteiger partial charge is 0.126 e. The quantitative estimate of drug-likeness (QED) is 0.882. The maximum absolute atomic E-state index is 13.8. The number of ether oxygens (including phenoxy) is 1. The fourth-order valence-electron chi connectivity index (χ4n) is 2.60. The number of hydrogen-bond donors (Lipinski definition) is 1. The van der Waals surface area contributed by atoms with Crippen LogP contribution < -0.4 is 10.5 Å². The summed E-state index contributed by atoms with van der Waals surface area (Å²) in [6.07, 6.45) is 0.430. The van der Waals surface area contributed by atoms with Gasteiger partial charge in [0.15, 0.2) is 0 Å². The van der Waals surface area contributed by atoms with Crippen molar-refractivity contribution in [1.29, 1.82) is 0 Å². The molecular formula is C17H19BrFNO. The molecule has 0 fully saturated rings. The molecule has 0 heterocycles. The number of rotatable bonds is 4. The first kappa shape index (κ1) is 16.0. The van der Waals surface area contributed by atoms with E-state index in [9.17, 15) is 4.39 Å². The minimum atomic E-state index is -0.326. The molecular weight excluding hydrogens is 333 g/mol. The van der Waals surface area contributed by atoms with Gasteiger partial charge < -0.3 is 10.5 Å². The van der Waals surface area contributed by atoms with E-state index in [1.165, 1.54) is 6.07 Å². The lowest BCUT2D eigenvalue weighted by atomic mass is 9.93. The van der Waals surface area contributed by atoms with Gasteiger partial charge in [0.2, 0.25) is 0 Å². The van der Waals surface area contributed by atoms with Crippen LogP contribution in [0, 0.1) is 19.7 Å². The lowest BCUT2D eigenvalue weighted by Gasteiger charge is -2.21. The molecule has 2 nitrogen and oxygen atoms in total. The van der Waals surface area contributed by atoms with Crippen LogP contribution in [0.3, 0.4) is 0 Å². The van der Waals surface area contributed by atoms with E-state index < -0.39 is 0 Å². The van der Waals surface area contributed by atoms with E-state index in [1.54, 1.807) is 19.2 Å². The second-order valence-electron chi connectivity index (χ2n) is 5.15. The third-order valence-electron chi connectivity index (χ3n) is 3.68. The first-order valence-electron chi connectivity index (χ1n) is 6.78. The fourth-order valence-corrected chi connectivity index (χ4v) is 3.15. The number of halogens is 2. The Hall–Kier alpha value is -1.39. The van der Waals surface area contributed by atoms with Crippen molar-refractivity contribution in [2.75, 3.05) is 7.11 Å². The molecule has 2 N–H and O–H groups in total. The summed E-state index contributed by atoms with van der Waals surface area (Å²) in [7, 11) is 1.63. The van der Waals surface area contributed by atoms with Crippen molar-refractivity contribution < 1.29 is 9.13 Å². The minimum absolute atomic E-state index is 0.226. The van der Waals surface area contributed by atoms with Crippen LogP contribution in [-0.4, -0.2) is 7.11 Å². The molecule has 1 atom stereocenters. The Bertz CT molecular complexity index is 657. The normalized spacial score (nSPS) is 12.3. The molecule has 0 saturated carbocycles. The number of benzene rings is 2. The summed E-state index contributed by atoms with van der Waals surface area (Å²) in [5.41, 5.74) is 9.92. The van der Waals surface area contributed by atoms with Crippen LogP contribution in [0.1, 0.15) is 28.3 Å². The molecule has 4 heteroatoms. The highest BCUT2D eigenvalue weighted by Gasteiger charge is 2.20. The number of hydrogen-bond acceptors (Lipinski definition) is 2. The maximum atomic E-state index is 13.8. The molecule has 0 saturated heterocycles. The van der Waals surface area contributed by atoms with Crippen LogP contribution in [0.25, 0.3) is 0 Å². The van der Waals surface area contributed by atoms with Crippen molar-refractivity contribution >= 4 is 15.9 Å². The highest BCUT2D eigenvalue weighted by molar-refractivity contribution is 9.10. The predicted octanol–water partition coefficient (Wildman–Crippen LogP) is 4.46. The topological polar surface area (TPSA) is 35.2 Å². The van der Waals surface area contributed by atoms with Crippen molar-refractivity contribution in [3.63, 3.8) is 0 Å². The minimum Gasteiger partial charge on any atom is -0.496 e. The van der Waals surface area contributed by atoms with Crippen LogP contribution in [0.5, 0.6) is 5.75 Å². The predicted molar refractivity (Wildman–Crippen MR) is 87.2 cm³/mol. The van der Waals surface area contributed by atoms with Gasteiger partial charge in [-0.2, -0.15) is 0 Å². The van der Waals surface area contributed by atoms with E-state index in [2.05, 4.69) is 15.9 Å². The first-order valence-corrected chi connectivity index (χ1v) is 7.57. The molecule has 0 spiro atoms. The Morgan fingerprint density at radius 1 is 1.29 bits per heavy atom. The number of aryl methyl sites for hydroxylation is 1. The Morgan fingerprint density at radius 2 is 1.95 bits per heavy atom. The van der Waals surface area contributed by atoms with Gasteiger partial charge in [-0.1, -0.05) is 34.1 Å². The van der Waals surface area contributed by atoms with Crippen molar-refractivity contribution in [1.82, 2.24) is 0 Å². The molecule has 0 bridgehead atoms. The molecule has 1 unspecified atom stereocenters. The highest BCUT2D eigenvalue weighted by Crippen LogP contribution is 2.36. The van der Waals surface area contributed by atoms with E-state index in [0.29, 0.717) is 12.0 Å². The van der Waals surface area contributed by atoms with Gasteiger partial charge in [-0.3, -0.25) is 0 Å². The fraction of sp³-hybridized carbons (Fsp3) is 0.294. The molecule has 0 radical (unpaired) electrons. The van der Waals surface area contributed by atoms with Crippen LogP contribution >= 0.6 is 15.9 Å². The zero-order valence-corrected chi connectivity index (χ0v) is 14.0. The van der Waals surface area contributed by atoms with Crippen LogP contribution in [0.15, 0.2) is 34.8 Å². The third kappa shape index (κ3) is 3.27. The summed E-state index contributed by atoms with van der Waals surface area (Å²) < 4.78 is 20.3. The van der Waals surface area contributed by atoms with Crippen molar-refractivity contribution in [2.24, 2.45) is 5.73 Å². The maximum Gasteiger partial charge on any atom is 0.126 e. The average molecular weight is 352 g/mol. The number of methoxy groups -OCH3 is 1. The van der Waals surface area contributed by atoms with Gasteiger partial charge in [0, 0.05) is 16.1 Å². The molecule has 0 amide bonds. The molecule has 112 valence electrons. The summed E-state index contributed by atoms with van der Waals surface area (Å²) in [6, 6.07) is 8.40.